The van der Waals surface area contributed by atoms with Crippen LogP contribution in [0.4, 0.5) is 0 Å². The molecule has 25 heavy (non-hydrogen) atoms. The molecule has 9 nitrogen and oxygen atoms in total. The van der Waals surface area contributed by atoms with Crippen LogP contribution in [-0.4, -0.2) is 44.1 Å². The van der Waals surface area contributed by atoms with Crippen molar-refractivity contribution in [3.63, 3.8) is 0 Å². The molecule has 0 saturated heterocycles. The van der Waals surface area contributed by atoms with Gasteiger partial charge in [0, 0.05) is 24.9 Å². The minimum atomic E-state index is 0.633. The van der Waals surface area contributed by atoms with E-state index in [-0.39, 0.29) is 0 Å². The fourth-order valence-electron chi connectivity index (χ4n) is 3.10. The molecule has 0 amide bonds. The van der Waals surface area contributed by atoms with E-state index < -0.39 is 0 Å². The van der Waals surface area contributed by atoms with Gasteiger partial charge < -0.3 is 0 Å². The lowest BCUT2D eigenvalue weighted by molar-refractivity contribution is 0.746. The van der Waals surface area contributed by atoms with E-state index in [9.17, 15) is 0 Å². The third-order valence-corrected chi connectivity index (χ3v) is 4.30. The van der Waals surface area contributed by atoms with E-state index in [0.29, 0.717) is 5.78 Å². The number of hydrogen-bond donors (Lipinski definition) is 0. The average molecular weight is 337 g/mol. The molecule has 0 radical (unpaired) electrons. The summed E-state index contributed by atoms with van der Waals surface area (Å²) < 4.78 is 5.39. The van der Waals surface area contributed by atoms with Crippen LogP contribution in [0.25, 0.3) is 11.5 Å². The van der Waals surface area contributed by atoms with Crippen LogP contribution >= 0.6 is 0 Å². The predicted octanol–water partition coefficient (Wildman–Crippen LogP) is 1.15. The van der Waals surface area contributed by atoms with Crippen molar-refractivity contribution in [3.8, 4) is 5.69 Å². The Labute approximate surface area is 144 Å². The Kier molecular flexibility index (Phi) is 3.56. The summed E-state index contributed by atoms with van der Waals surface area (Å²) in [5.74, 6) is 2.29. The fourth-order valence-corrected chi connectivity index (χ4v) is 3.10. The van der Waals surface area contributed by atoms with E-state index in [4.69, 9.17) is 0 Å². The molecule has 0 aromatic carbocycles. The quantitative estimate of drug-likeness (QED) is 0.555. The van der Waals surface area contributed by atoms with E-state index in [0.717, 1.165) is 47.1 Å². The molecular weight excluding hydrogens is 318 g/mol. The maximum Gasteiger partial charge on any atom is 0.252 e. The van der Waals surface area contributed by atoms with Gasteiger partial charge in [-0.1, -0.05) is 0 Å². The SMILES string of the molecule is Cc1nc(CCc2c(C)nc3ncnn3c2C)n(-c2cnn(C)c2)n1. The van der Waals surface area contributed by atoms with Crippen LogP contribution in [0.1, 0.15) is 28.6 Å². The summed E-state index contributed by atoms with van der Waals surface area (Å²) in [5.41, 5.74) is 4.11. The molecule has 0 aliphatic carbocycles. The second-order valence-corrected chi connectivity index (χ2v) is 6.09. The fraction of sp³-hybridized carbons (Fsp3) is 0.375. The maximum absolute atomic E-state index is 4.58. The van der Waals surface area contributed by atoms with Gasteiger partial charge in [0.1, 0.15) is 23.7 Å². The summed E-state index contributed by atoms with van der Waals surface area (Å²) >= 11 is 0. The van der Waals surface area contributed by atoms with Crippen molar-refractivity contribution in [3.05, 3.63) is 47.3 Å². The number of fused-ring (bicyclic) bond motifs is 1. The van der Waals surface area contributed by atoms with Gasteiger partial charge in [-0.05, 0) is 32.8 Å². The molecule has 128 valence electrons. The highest BCUT2D eigenvalue weighted by atomic mass is 15.4. The van der Waals surface area contributed by atoms with Crippen molar-refractivity contribution in [1.29, 1.82) is 0 Å². The van der Waals surface area contributed by atoms with Gasteiger partial charge in [0.25, 0.3) is 5.78 Å². The summed E-state index contributed by atoms with van der Waals surface area (Å²) in [7, 11) is 1.89. The zero-order valence-electron chi connectivity index (χ0n) is 14.7. The Morgan fingerprint density at radius 2 is 1.88 bits per heavy atom. The standard InChI is InChI=1S/C16H19N9/c1-10-14(11(2)24-16(20-10)17-9-19-24)5-6-15-21-12(3)22-25(15)13-7-18-23(4)8-13/h7-9H,5-6H2,1-4H3. The topological polar surface area (TPSA) is 91.6 Å². The van der Waals surface area contributed by atoms with Gasteiger partial charge in [-0.3, -0.25) is 4.68 Å². The van der Waals surface area contributed by atoms with E-state index >= 15 is 0 Å². The minimum Gasteiger partial charge on any atom is -0.274 e. The zero-order chi connectivity index (χ0) is 17.6. The van der Waals surface area contributed by atoms with Crippen LogP contribution in [0.5, 0.6) is 0 Å². The predicted molar refractivity (Wildman–Crippen MR) is 90.5 cm³/mol. The van der Waals surface area contributed by atoms with Crippen molar-refractivity contribution in [1.82, 2.24) is 44.1 Å². The van der Waals surface area contributed by atoms with Gasteiger partial charge in [0.05, 0.1) is 12.4 Å². The molecule has 0 spiro atoms. The van der Waals surface area contributed by atoms with Crippen molar-refractivity contribution in [2.45, 2.75) is 33.6 Å². The molecule has 0 unspecified atom stereocenters. The molecule has 9 heteroatoms. The Morgan fingerprint density at radius 3 is 2.64 bits per heavy atom. The number of nitrogens with zero attached hydrogens (tertiary/aromatic N) is 9. The number of aryl methyl sites for hydroxylation is 5. The van der Waals surface area contributed by atoms with Gasteiger partial charge >= 0.3 is 0 Å². The molecule has 0 saturated carbocycles. The third-order valence-electron chi connectivity index (χ3n) is 4.30. The molecule has 4 aromatic rings. The average Bonchev–Trinajstić information content (AvgIpc) is 3.27. The van der Waals surface area contributed by atoms with Gasteiger partial charge in [0.2, 0.25) is 0 Å². The Hall–Kier alpha value is -3.10. The van der Waals surface area contributed by atoms with Crippen LogP contribution in [-0.2, 0) is 19.9 Å². The summed E-state index contributed by atoms with van der Waals surface area (Å²) in [6.07, 6.45) is 6.80. The van der Waals surface area contributed by atoms with E-state index in [1.807, 2.05) is 38.7 Å². The van der Waals surface area contributed by atoms with Crippen molar-refractivity contribution in [2.24, 2.45) is 7.05 Å². The molecule has 0 fully saturated rings. The largest absolute Gasteiger partial charge is 0.274 e. The molecule has 0 aliphatic heterocycles. The van der Waals surface area contributed by atoms with Gasteiger partial charge in [0.15, 0.2) is 0 Å². The van der Waals surface area contributed by atoms with Crippen LogP contribution in [0.2, 0.25) is 0 Å². The molecule has 4 rings (SSSR count). The van der Waals surface area contributed by atoms with Crippen molar-refractivity contribution < 1.29 is 0 Å². The van der Waals surface area contributed by atoms with Gasteiger partial charge in [-0.25, -0.2) is 19.2 Å². The van der Waals surface area contributed by atoms with Crippen molar-refractivity contribution >= 4 is 5.78 Å². The lowest BCUT2D eigenvalue weighted by Crippen LogP contribution is -2.09. The molecule has 0 atom stereocenters. The monoisotopic (exact) mass is 337 g/mol. The lowest BCUT2D eigenvalue weighted by Gasteiger charge is -2.10. The van der Waals surface area contributed by atoms with E-state index in [1.54, 1.807) is 15.4 Å². The van der Waals surface area contributed by atoms with Crippen molar-refractivity contribution in [2.75, 3.05) is 0 Å². The smallest absolute Gasteiger partial charge is 0.252 e. The second-order valence-electron chi connectivity index (χ2n) is 6.09. The first-order chi connectivity index (χ1) is 12.0. The van der Waals surface area contributed by atoms with Gasteiger partial charge in [-0.15, -0.1) is 0 Å². The molecule has 0 N–H and O–H groups in total. The zero-order valence-corrected chi connectivity index (χ0v) is 14.7. The summed E-state index contributed by atoms with van der Waals surface area (Å²) in [6, 6.07) is 0. The van der Waals surface area contributed by atoms with Crippen LogP contribution in [0.3, 0.4) is 0 Å². The molecule has 0 bridgehead atoms. The number of aromatic nitrogens is 9. The highest BCUT2D eigenvalue weighted by Gasteiger charge is 2.15. The third kappa shape index (κ3) is 2.67. The first-order valence-electron chi connectivity index (χ1n) is 8.10. The van der Waals surface area contributed by atoms with Gasteiger partial charge in [-0.2, -0.15) is 20.3 Å². The highest BCUT2D eigenvalue weighted by Crippen LogP contribution is 2.17. The number of hydrogen-bond acceptors (Lipinski definition) is 6. The highest BCUT2D eigenvalue weighted by molar-refractivity contribution is 5.36. The number of rotatable bonds is 4. The van der Waals surface area contributed by atoms with Crippen LogP contribution in [0.15, 0.2) is 18.7 Å². The summed E-state index contributed by atoms with van der Waals surface area (Å²) in [4.78, 5) is 13.3. The second kappa shape index (κ2) is 5.76. The van der Waals surface area contributed by atoms with Crippen LogP contribution in [0, 0.1) is 20.8 Å². The molecule has 4 heterocycles. The Bertz CT molecular complexity index is 1050. The lowest BCUT2D eigenvalue weighted by atomic mass is 10.1. The summed E-state index contributed by atoms with van der Waals surface area (Å²) in [6.45, 7) is 5.95. The summed E-state index contributed by atoms with van der Waals surface area (Å²) in [5, 5.41) is 13.0. The Morgan fingerprint density at radius 1 is 1.04 bits per heavy atom. The molecule has 0 aliphatic rings. The van der Waals surface area contributed by atoms with Crippen LogP contribution < -0.4 is 0 Å². The van der Waals surface area contributed by atoms with E-state index in [2.05, 4.69) is 30.2 Å². The first kappa shape index (κ1) is 15.4. The first-order valence-corrected chi connectivity index (χ1v) is 8.10. The molecular formula is C16H19N9. The normalized spacial score (nSPS) is 11.5. The Balaban J connectivity index is 1.66. The maximum atomic E-state index is 4.58. The van der Waals surface area contributed by atoms with E-state index in [1.165, 1.54) is 6.33 Å². The molecule has 4 aromatic heterocycles. The minimum absolute atomic E-state index is 0.633.